The molecule has 0 atom stereocenters. The number of nitrogens with zero attached hydrogens (tertiary/aromatic N) is 2. The van der Waals surface area contributed by atoms with Crippen molar-refractivity contribution in [1.82, 2.24) is 10.1 Å². The number of methoxy groups -OCH3 is 1. The monoisotopic (exact) mass is 415 g/mol. The molecule has 0 aliphatic rings. The molecule has 1 amide bonds. The van der Waals surface area contributed by atoms with Gasteiger partial charge < -0.3 is 19.3 Å². The van der Waals surface area contributed by atoms with Crippen LogP contribution in [0.15, 0.2) is 77.3 Å². The molecule has 0 fully saturated rings. The van der Waals surface area contributed by atoms with Crippen LogP contribution in [0.25, 0.3) is 22.8 Å². The molecule has 1 N–H and O–H groups in total. The molecule has 7 nitrogen and oxygen atoms in total. The second-order valence-electron chi connectivity index (χ2n) is 6.83. The van der Waals surface area contributed by atoms with Gasteiger partial charge in [0.2, 0.25) is 5.82 Å². The zero-order valence-electron chi connectivity index (χ0n) is 17.2. The zero-order valence-corrected chi connectivity index (χ0v) is 17.2. The van der Waals surface area contributed by atoms with Crippen LogP contribution in [0.1, 0.15) is 5.56 Å². The van der Waals surface area contributed by atoms with Crippen LogP contribution in [0.3, 0.4) is 0 Å². The maximum Gasteiger partial charge on any atom is 0.262 e. The van der Waals surface area contributed by atoms with Gasteiger partial charge in [0, 0.05) is 16.8 Å². The molecule has 0 unspecified atom stereocenters. The van der Waals surface area contributed by atoms with Crippen LogP contribution in [0.2, 0.25) is 0 Å². The second kappa shape index (κ2) is 9.13. The zero-order chi connectivity index (χ0) is 21.6. The minimum atomic E-state index is -0.237. The Hall–Kier alpha value is -4.13. The van der Waals surface area contributed by atoms with Crippen LogP contribution in [0.4, 0.5) is 5.69 Å². The minimum Gasteiger partial charge on any atom is -0.497 e. The average molecular weight is 415 g/mol. The molecule has 31 heavy (non-hydrogen) atoms. The Bertz CT molecular complexity index is 1200. The van der Waals surface area contributed by atoms with Gasteiger partial charge in [-0.1, -0.05) is 41.6 Å². The van der Waals surface area contributed by atoms with Gasteiger partial charge in [0.25, 0.3) is 11.8 Å². The third-order valence-electron chi connectivity index (χ3n) is 4.62. The lowest BCUT2D eigenvalue weighted by Crippen LogP contribution is -2.20. The molecule has 0 radical (unpaired) electrons. The Labute approximate surface area is 179 Å². The Balaban J connectivity index is 1.43. The van der Waals surface area contributed by atoms with E-state index in [1.165, 1.54) is 0 Å². The van der Waals surface area contributed by atoms with Crippen LogP contribution in [0.5, 0.6) is 11.5 Å². The van der Waals surface area contributed by atoms with E-state index in [2.05, 4.69) is 15.5 Å². The van der Waals surface area contributed by atoms with Gasteiger partial charge in [-0.05, 0) is 48.9 Å². The number of carbonyl (C=O) groups excluding carboxylic acids is 1. The van der Waals surface area contributed by atoms with Crippen LogP contribution in [-0.2, 0) is 4.79 Å². The number of ether oxygens (including phenoxy) is 2. The van der Waals surface area contributed by atoms with Crippen molar-refractivity contribution < 1.29 is 18.8 Å². The number of anilines is 1. The highest BCUT2D eigenvalue weighted by molar-refractivity contribution is 5.92. The summed E-state index contributed by atoms with van der Waals surface area (Å²) in [5, 5.41) is 6.90. The molecule has 0 aliphatic carbocycles. The summed E-state index contributed by atoms with van der Waals surface area (Å²) < 4.78 is 16.3. The molecule has 156 valence electrons. The number of rotatable bonds is 7. The normalized spacial score (nSPS) is 10.5. The summed E-state index contributed by atoms with van der Waals surface area (Å²) in [4.78, 5) is 16.7. The number of aromatic nitrogens is 2. The van der Waals surface area contributed by atoms with Gasteiger partial charge in [0.15, 0.2) is 6.61 Å². The van der Waals surface area contributed by atoms with Gasteiger partial charge in [-0.25, -0.2) is 0 Å². The first kappa shape index (κ1) is 20.2. The third kappa shape index (κ3) is 4.90. The van der Waals surface area contributed by atoms with E-state index in [1.807, 2.05) is 67.6 Å². The second-order valence-corrected chi connectivity index (χ2v) is 6.83. The fraction of sp³-hybridized carbons (Fsp3) is 0.125. The average Bonchev–Trinajstić information content (AvgIpc) is 3.30. The molecule has 0 spiro atoms. The fourth-order valence-electron chi connectivity index (χ4n) is 2.99. The van der Waals surface area contributed by atoms with Crippen LogP contribution >= 0.6 is 0 Å². The molecule has 0 bridgehead atoms. The molecule has 3 aromatic carbocycles. The Morgan fingerprint density at radius 3 is 2.52 bits per heavy atom. The van der Waals surface area contributed by atoms with E-state index < -0.39 is 0 Å². The SMILES string of the molecule is COc1cccc(-c2nc(-c3cccc(OCC(=O)Nc4ccccc4C)c3)no2)c1. The number of benzene rings is 3. The highest BCUT2D eigenvalue weighted by Gasteiger charge is 2.12. The lowest BCUT2D eigenvalue weighted by atomic mass is 10.2. The third-order valence-corrected chi connectivity index (χ3v) is 4.62. The van der Waals surface area contributed by atoms with Crippen molar-refractivity contribution in [2.45, 2.75) is 6.92 Å². The number of hydrogen-bond donors (Lipinski definition) is 1. The minimum absolute atomic E-state index is 0.112. The molecule has 4 aromatic rings. The van der Waals surface area contributed by atoms with Crippen molar-refractivity contribution in [1.29, 1.82) is 0 Å². The van der Waals surface area contributed by atoms with Crippen LogP contribution < -0.4 is 14.8 Å². The maximum atomic E-state index is 12.2. The molecule has 0 saturated heterocycles. The fourth-order valence-corrected chi connectivity index (χ4v) is 2.99. The van der Waals surface area contributed by atoms with Gasteiger partial charge in [0.05, 0.1) is 7.11 Å². The first-order valence-electron chi connectivity index (χ1n) is 9.69. The van der Waals surface area contributed by atoms with Crippen LogP contribution in [0, 0.1) is 6.92 Å². The summed E-state index contributed by atoms with van der Waals surface area (Å²) in [6.45, 7) is 1.82. The first-order chi connectivity index (χ1) is 15.1. The van der Waals surface area contributed by atoms with Crippen molar-refractivity contribution in [2.24, 2.45) is 0 Å². The summed E-state index contributed by atoms with van der Waals surface area (Å²) in [6.07, 6.45) is 0. The predicted molar refractivity (Wildman–Crippen MR) is 117 cm³/mol. The summed E-state index contributed by atoms with van der Waals surface area (Å²) in [5.74, 6) is 1.81. The molecule has 7 heteroatoms. The number of aryl methyl sites for hydroxylation is 1. The number of hydrogen-bond acceptors (Lipinski definition) is 6. The van der Waals surface area contributed by atoms with Crippen molar-refractivity contribution in [3.05, 3.63) is 78.4 Å². The van der Waals surface area contributed by atoms with Gasteiger partial charge in [-0.3, -0.25) is 4.79 Å². The molecule has 1 aromatic heterocycles. The molecular weight excluding hydrogens is 394 g/mol. The van der Waals surface area contributed by atoms with E-state index >= 15 is 0 Å². The van der Waals surface area contributed by atoms with E-state index in [-0.39, 0.29) is 12.5 Å². The van der Waals surface area contributed by atoms with Crippen molar-refractivity contribution in [2.75, 3.05) is 19.0 Å². The van der Waals surface area contributed by atoms with Gasteiger partial charge >= 0.3 is 0 Å². The predicted octanol–water partition coefficient (Wildman–Crippen LogP) is 4.74. The molecule has 0 aliphatic heterocycles. The van der Waals surface area contributed by atoms with Crippen molar-refractivity contribution in [3.8, 4) is 34.3 Å². The van der Waals surface area contributed by atoms with Crippen LogP contribution in [-0.4, -0.2) is 29.8 Å². The summed E-state index contributed by atoms with van der Waals surface area (Å²) in [6, 6.07) is 22.2. The number of amides is 1. The molecule has 4 rings (SSSR count). The van der Waals surface area contributed by atoms with E-state index in [0.717, 1.165) is 22.4 Å². The van der Waals surface area contributed by atoms with E-state index in [9.17, 15) is 4.79 Å². The number of carbonyl (C=O) groups is 1. The lowest BCUT2D eigenvalue weighted by Gasteiger charge is -2.09. The van der Waals surface area contributed by atoms with E-state index in [0.29, 0.717) is 23.2 Å². The molecule has 1 heterocycles. The first-order valence-corrected chi connectivity index (χ1v) is 9.69. The quantitative estimate of drug-likeness (QED) is 0.469. The number of para-hydroxylation sites is 1. The topological polar surface area (TPSA) is 86.5 Å². The van der Waals surface area contributed by atoms with Gasteiger partial charge in [-0.15, -0.1) is 0 Å². The lowest BCUT2D eigenvalue weighted by molar-refractivity contribution is -0.118. The van der Waals surface area contributed by atoms with E-state index in [1.54, 1.807) is 19.2 Å². The standard InChI is InChI=1S/C24H21N3O4/c1-16-7-3-4-12-21(16)25-22(28)15-30-20-11-5-8-17(13-20)23-26-24(31-27-23)18-9-6-10-19(14-18)29-2/h3-14H,15H2,1-2H3,(H,25,28). The smallest absolute Gasteiger partial charge is 0.262 e. The van der Waals surface area contributed by atoms with Gasteiger partial charge in [-0.2, -0.15) is 4.98 Å². The highest BCUT2D eigenvalue weighted by atomic mass is 16.5. The summed E-state index contributed by atoms with van der Waals surface area (Å²) in [5.41, 5.74) is 3.23. The maximum absolute atomic E-state index is 12.2. The van der Waals surface area contributed by atoms with Crippen molar-refractivity contribution >= 4 is 11.6 Å². The Morgan fingerprint density at radius 1 is 0.968 bits per heavy atom. The Kier molecular flexibility index (Phi) is 5.93. The van der Waals surface area contributed by atoms with Gasteiger partial charge in [0.1, 0.15) is 11.5 Å². The summed E-state index contributed by atoms with van der Waals surface area (Å²) in [7, 11) is 1.60. The highest BCUT2D eigenvalue weighted by Crippen LogP contribution is 2.26. The Morgan fingerprint density at radius 2 is 1.71 bits per heavy atom. The molecule has 0 saturated carbocycles. The molecular formula is C24H21N3O4. The number of nitrogens with one attached hydrogen (secondary N) is 1. The van der Waals surface area contributed by atoms with E-state index in [4.69, 9.17) is 14.0 Å². The summed E-state index contributed by atoms with van der Waals surface area (Å²) >= 11 is 0. The largest absolute Gasteiger partial charge is 0.497 e. The van der Waals surface area contributed by atoms with Crippen molar-refractivity contribution in [3.63, 3.8) is 0 Å².